The Bertz CT molecular complexity index is 565. The van der Waals surface area contributed by atoms with Crippen LogP contribution in [0.3, 0.4) is 0 Å². The highest BCUT2D eigenvalue weighted by Crippen LogP contribution is 2.21. The molecule has 0 saturated carbocycles. The van der Waals surface area contributed by atoms with Crippen molar-refractivity contribution in [3.8, 4) is 0 Å². The second-order valence-electron chi connectivity index (χ2n) is 4.84. The molecule has 2 atom stereocenters. The van der Waals surface area contributed by atoms with E-state index in [1.54, 1.807) is 6.92 Å². The van der Waals surface area contributed by atoms with Gasteiger partial charge in [-0.05, 0) is 6.92 Å². The van der Waals surface area contributed by atoms with Crippen LogP contribution in [0, 0.1) is 10.1 Å². The Morgan fingerprint density at radius 2 is 2.38 bits per heavy atom. The maximum atomic E-state index is 12.4. The number of hydrogen-bond acceptors (Lipinski definition) is 7. The SMILES string of the molecule is CC1CN(C(=O)c2cc([N+](=O)[O-])cnc2N)CC(CO)O1. The molecule has 1 saturated heterocycles. The minimum atomic E-state index is -0.637. The van der Waals surface area contributed by atoms with Crippen LogP contribution in [0.2, 0.25) is 0 Å². The first-order chi connectivity index (χ1) is 9.92. The maximum Gasteiger partial charge on any atom is 0.288 e. The summed E-state index contributed by atoms with van der Waals surface area (Å²) in [5.41, 5.74) is 5.32. The molecule has 1 aromatic heterocycles. The van der Waals surface area contributed by atoms with Crippen LogP contribution in [-0.4, -0.2) is 57.7 Å². The first-order valence-electron chi connectivity index (χ1n) is 6.38. The van der Waals surface area contributed by atoms with Crippen LogP contribution >= 0.6 is 0 Å². The molecule has 0 aromatic carbocycles. The van der Waals surface area contributed by atoms with Crippen molar-refractivity contribution in [3.63, 3.8) is 0 Å². The third kappa shape index (κ3) is 3.26. The van der Waals surface area contributed by atoms with E-state index in [1.165, 1.54) is 4.90 Å². The average molecular weight is 296 g/mol. The smallest absolute Gasteiger partial charge is 0.288 e. The van der Waals surface area contributed by atoms with E-state index >= 15 is 0 Å². The van der Waals surface area contributed by atoms with Gasteiger partial charge >= 0.3 is 0 Å². The molecule has 1 fully saturated rings. The number of nitrogens with two attached hydrogens (primary N) is 1. The van der Waals surface area contributed by atoms with Gasteiger partial charge in [-0.15, -0.1) is 0 Å². The number of nitrogen functional groups attached to an aromatic ring is 1. The van der Waals surface area contributed by atoms with E-state index in [0.717, 1.165) is 12.3 Å². The normalized spacial score (nSPS) is 22.1. The average Bonchev–Trinajstić information content (AvgIpc) is 2.46. The molecule has 1 amide bonds. The number of nitro groups is 1. The zero-order valence-corrected chi connectivity index (χ0v) is 11.4. The summed E-state index contributed by atoms with van der Waals surface area (Å²) in [6.07, 6.45) is 0.281. The fourth-order valence-electron chi connectivity index (χ4n) is 2.22. The minimum Gasteiger partial charge on any atom is -0.394 e. The maximum absolute atomic E-state index is 12.4. The monoisotopic (exact) mass is 296 g/mol. The first-order valence-corrected chi connectivity index (χ1v) is 6.38. The second-order valence-corrected chi connectivity index (χ2v) is 4.84. The lowest BCUT2D eigenvalue weighted by molar-refractivity contribution is -0.385. The molecule has 0 radical (unpaired) electrons. The summed E-state index contributed by atoms with van der Waals surface area (Å²) in [5, 5.41) is 19.9. The van der Waals surface area contributed by atoms with Crippen LogP contribution in [0.15, 0.2) is 12.3 Å². The molecule has 2 rings (SSSR count). The van der Waals surface area contributed by atoms with E-state index < -0.39 is 16.9 Å². The van der Waals surface area contributed by atoms with Gasteiger partial charge in [0.1, 0.15) is 12.0 Å². The van der Waals surface area contributed by atoms with Gasteiger partial charge < -0.3 is 20.5 Å². The second kappa shape index (κ2) is 6.02. The molecule has 0 bridgehead atoms. The van der Waals surface area contributed by atoms with E-state index in [0.29, 0.717) is 6.54 Å². The van der Waals surface area contributed by atoms with Crippen molar-refractivity contribution in [2.75, 3.05) is 25.4 Å². The van der Waals surface area contributed by atoms with Gasteiger partial charge in [0.15, 0.2) is 0 Å². The van der Waals surface area contributed by atoms with Crippen molar-refractivity contribution in [1.82, 2.24) is 9.88 Å². The Hall–Kier alpha value is -2.26. The van der Waals surface area contributed by atoms with Crippen molar-refractivity contribution in [2.45, 2.75) is 19.1 Å². The number of anilines is 1. The number of amides is 1. The molecule has 2 unspecified atom stereocenters. The van der Waals surface area contributed by atoms with E-state index in [-0.39, 0.29) is 36.3 Å². The number of ether oxygens (including phenoxy) is 1. The molecular weight excluding hydrogens is 280 g/mol. The number of aromatic nitrogens is 1. The van der Waals surface area contributed by atoms with Gasteiger partial charge in [-0.25, -0.2) is 4.98 Å². The number of morpholine rings is 1. The highest BCUT2D eigenvalue weighted by Gasteiger charge is 2.30. The molecular formula is C12H16N4O5. The van der Waals surface area contributed by atoms with Crippen molar-refractivity contribution >= 4 is 17.4 Å². The van der Waals surface area contributed by atoms with Gasteiger partial charge in [0.2, 0.25) is 0 Å². The Kier molecular flexibility index (Phi) is 4.34. The third-order valence-corrected chi connectivity index (χ3v) is 3.16. The highest BCUT2D eigenvalue weighted by atomic mass is 16.6. The fourth-order valence-corrected chi connectivity index (χ4v) is 2.22. The minimum absolute atomic E-state index is 0.0185. The molecule has 1 aliphatic heterocycles. The number of nitrogens with zero attached hydrogens (tertiary/aromatic N) is 3. The number of carbonyl (C=O) groups is 1. The lowest BCUT2D eigenvalue weighted by Gasteiger charge is -2.36. The topological polar surface area (TPSA) is 132 Å². The lowest BCUT2D eigenvalue weighted by atomic mass is 10.1. The number of aliphatic hydroxyl groups is 1. The standard InChI is InChI=1S/C12H16N4O5/c1-7-4-15(5-9(6-17)21-7)12(18)10-2-8(16(19)20)3-14-11(10)13/h2-3,7,9,17H,4-6H2,1H3,(H2,13,14). The van der Waals surface area contributed by atoms with Gasteiger partial charge in [0.05, 0.1) is 29.3 Å². The van der Waals surface area contributed by atoms with Gasteiger partial charge in [-0.1, -0.05) is 0 Å². The predicted octanol–water partition coefficient (Wildman–Crippen LogP) is -0.206. The Balaban J connectivity index is 2.26. The predicted molar refractivity (Wildman–Crippen MR) is 72.6 cm³/mol. The molecule has 21 heavy (non-hydrogen) atoms. The number of hydrogen-bond donors (Lipinski definition) is 2. The largest absolute Gasteiger partial charge is 0.394 e. The molecule has 0 aliphatic carbocycles. The summed E-state index contributed by atoms with van der Waals surface area (Å²) < 4.78 is 5.44. The molecule has 1 aromatic rings. The molecule has 1 aliphatic rings. The number of rotatable bonds is 3. The third-order valence-electron chi connectivity index (χ3n) is 3.16. The van der Waals surface area contributed by atoms with E-state index in [2.05, 4.69) is 4.98 Å². The summed E-state index contributed by atoms with van der Waals surface area (Å²) in [6, 6.07) is 1.11. The van der Waals surface area contributed by atoms with Gasteiger partial charge in [-0.3, -0.25) is 14.9 Å². The lowest BCUT2D eigenvalue weighted by Crippen LogP contribution is -2.50. The summed E-state index contributed by atoms with van der Waals surface area (Å²) in [7, 11) is 0. The summed E-state index contributed by atoms with van der Waals surface area (Å²) in [4.78, 5) is 27.7. The van der Waals surface area contributed by atoms with E-state index in [1.807, 2.05) is 0 Å². The Labute approximate surface area is 120 Å². The fraction of sp³-hybridized carbons (Fsp3) is 0.500. The van der Waals surface area contributed by atoms with Gasteiger partial charge in [0, 0.05) is 19.2 Å². The molecule has 0 spiro atoms. The quantitative estimate of drug-likeness (QED) is 0.582. The van der Waals surface area contributed by atoms with Crippen LogP contribution in [-0.2, 0) is 4.74 Å². The molecule has 114 valence electrons. The van der Waals surface area contributed by atoms with Crippen LogP contribution < -0.4 is 5.73 Å². The van der Waals surface area contributed by atoms with Crippen LogP contribution in [0.1, 0.15) is 17.3 Å². The van der Waals surface area contributed by atoms with Crippen molar-refractivity contribution < 1.29 is 19.6 Å². The van der Waals surface area contributed by atoms with Crippen molar-refractivity contribution in [3.05, 3.63) is 27.9 Å². The number of pyridine rings is 1. The number of carbonyl (C=O) groups excluding carboxylic acids is 1. The van der Waals surface area contributed by atoms with Crippen LogP contribution in [0.5, 0.6) is 0 Å². The zero-order chi connectivity index (χ0) is 15.6. The van der Waals surface area contributed by atoms with Gasteiger partial charge in [-0.2, -0.15) is 0 Å². The van der Waals surface area contributed by atoms with Gasteiger partial charge in [0.25, 0.3) is 11.6 Å². The van der Waals surface area contributed by atoms with Crippen molar-refractivity contribution in [1.29, 1.82) is 0 Å². The number of aliphatic hydroxyl groups excluding tert-OH is 1. The zero-order valence-electron chi connectivity index (χ0n) is 11.4. The molecule has 9 heteroatoms. The van der Waals surface area contributed by atoms with Crippen LogP contribution in [0.25, 0.3) is 0 Å². The van der Waals surface area contributed by atoms with Crippen molar-refractivity contribution in [2.24, 2.45) is 0 Å². The van der Waals surface area contributed by atoms with E-state index in [4.69, 9.17) is 15.6 Å². The molecule has 3 N–H and O–H groups in total. The first kappa shape index (κ1) is 15.1. The summed E-state index contributed by atoms with van der Waals surface area (Å²) >= 11 is 0. The Morgan fingerprint density at radius 3 is 3.00 bits per heavy atom. The molecule has 9 nitrogen and oxygen atoms in total. The van der Waals surface area contributed by atoms with E-state index in [9.17, 15) is 14.9 Å². The molecule has 2 heterocycles. The summed E-state index contributed by atoms with van der Waals surface area (Å²) in [6.45, 7) is 2.08. The highest BCUT2D eigenvalue weighted by molar-refractivity contribution is 5.99. The summed E-state index contributed by atoms with van der Waals surface area (Å²) in [5.74, 6) is -0.525. The Morgan fingerprint density at radius 1 is 1.67 bits per heavy atom. The van der Waals surface area contributed by atoms with Crippen LogP contribution in [0.4, 0.5) is 11.5 Å².